The molecule has 1 aromatic heterocycles. The zero-order valence-electron chi connectivity index (χ0n) is 20.0. The van der Waals surface area contributed by atoms with Crippen LogP contribution in [0.15, 0.2) is 48.7 Å². The van der Waals surface area contributed by atoms with Crippen LogP contribution in [0.1, 0.15) is 5.56 Å². The highest BCUT2D eigenvalue weighted by atomic mass is 16.7. The van der Waals surface area contributed by atoms with Crippen molar-refractivity contribution in [1.29, 1.82) is 0 Å². The Morgan fingerprint density at radius 2 is 1.83 bits per heavy atom. The van der Waals surface area contributed by atoms with Crippen molar-refractivity contribution >= 4 is 16.7 Å². The van der Waals surface area contributed by atoms with Gasteiger partial charge in [0.1, 0.15) is 12.1 Å². The Morgan fingerprint density at radius 3 is 2.58 bits per heavy atom. The number of hydrogen-bond donors (Lipinski definition) is 1. The lowest BCUT2D eigenvalue weighted by atomic mass is 10.2. The van der Waals surface area contributed by atoms with Gasteiger partial charge in [0, 0.05) is 44.2 Å². The van der Waals surface area contributed by atoms with Crippen LogP contribution >= 0.6 is 0 Å². The molecule has 0 spiro atoms. The Bertz CT molecular complexity index is 1310. The van der Waals surface area contributed by atoms with Crippen LogP contribution in [0.3, 0.4) is 0 Å². The van der Waals surface area contributed by atoms with Crippen molar-refractivity contribution in [3.05, 3.63) is 64.4 Å². The average Bonchev–Trinajstić information content (AvgIpc) is 3.38. The first kappa shape index (κ1) is 23.3. The molecule has 2 aromatic carbocycles. The number of nitrogens with one attached hydrogen (secondary N) is 1. The average molecular weight is 495 g/mol. The van der Waals surface area contributed by atoms with Gasteiger partial charge in [0.05, 0.1) is 24.7 Å². The van der Waals surface area contributed by atoms with E-state index in [9.17, 15) is 10.1 Å². The van der Waals surface area contributed by atoms with Crippen LogP contribution in [0.2, 0.25) is 0 Å². The first-order valence-electron chi connectivity index (χ1n) is 11.4. The molecule has 0 radical (unpaired) electrons. The molecule has 1 saturated heterocycles. The highest BCUT2D eigenvalue weighted by Gasteiger charge is 2.24. The maximum Gasteiger partial charge on any atom is 0.274 e. The summed E-state index contributed by atoms with van der Waals surface area (Å²) in [7, 11) is 3.17. The summed E-state index contributed by atoms with van der Waals surface area (Å²) in [5.74, 6) is 3.81. The molecule has 0 aliphatic carbocycles. The van der Waals surface area contributed by atoms with E-state index in [-0.39, 0.29) is 6.79 Å². The molecule has 1 N–H and O–H groups in total. The lowest BCUT2D eigenvalue weighted by molar-refractivity contribution is -0.404. The van der Waals surface area contributed by atoms with Crippen LogP contribution in [0.5, 0.6) is 23.0 Å². The van der Waals surface area contributed by atoms with Gasteiger partial charge in [-0.1, -0.05) is 6.07 Å². The van der Waals surface area contributed by atoms with Crippen molar-refractivity contribution in [3.8, 4) is 23.0 Å². The van der Waals surface area contributed by atoms with Crippen LogP contribution in [0.4, 0.5) is 5.82 Å². The number of piperazine rings is 1. The maximum atomic E-state index is 11.3. The van der Waals surface area contributed by atoms with Gasteiger partial charge in [0.2, 0.25) is 6.79 Å². The summed E-state index contributed by atoms with van der Waals surface area (Å²) in [5, 5.41) is 15.4. The van der Waals surface area contributed by atoms with Crippen molar-refractivity contribution in [2.45, 2.75) is 6.54 Å². The minimum absolute atomic E-state index is 0.199. The van der Waals surface area contributed by atoms with Crippen molar-refractivity contribution in [2.24, 2.45) is 0 Å². The van der Waals surface area contributed by atoms with E-state index in [4.69, 9.17) is 18.9 Å². The molecular formula is C24H26N6O6. The molecule has 0 saturated carbocycles. The predicted octanol–water partition coefficient (Wildman–Crippen LogP) is 2.36. The van der Waals surface area contributed by atoms with Crippen LogP contribution in [0.25, 0.3) is 10.9 Å². The lowest BCUT2D eigenvalue weighted by Crippen LogP contribution is -2.48. The third-order valence-corrected chi connectivity index (χ3v) is 6.18. The van der Waals surface area contributed by atoms with Crippen LogP contribution in [0, 0.1) is 10.1 Å². The molecule has 36 heavy (non-hydrogen) atoms. The van der Waals surface area contributed by atoms with E-state index in [0.717, 1.165) is 28.5 Å². The summed E-state index contributed by atoms with van der Waals surface area (Å²) in [5.41, 5.74) is 1.68. The normalized spacial score (nSPS) is 15.2. The summed E-state index contributed by atoms with van der Waals surface area (Å²) in [4.78, 5) is 23.9. The molecule has 2 aliphatic heterocycles. The molecule has 0 amide bonds. The van der Waals surface area contributed by atoms with Crippen molar-refractivity contribution in [2.75, 3.05) is 52.1 Å². The van der Waals surface area contributed by atoms with E-state index in [1.807, 2.05) is 35.2 Å². The molecule has 1 fully saturated rings. The quantitative estimate of drug-likeness (QED) is 0.366. The lowest BCUT2D eigenvalue weighted by Gasteiger charge is -2.37. The van der Waals surface area contributed by atoms with Crippen LogP contribution in [-0.4, -0.2) is 67.0 Å². The standard InChI is InChI=1S/C24H26N6O6/c1-33-20-10-17-18(11-21(20)34-2)26-14-27-24(17)29-7-5-28(6-8-29)23(13-30(31)32)25-12-16-3-4-19-22(9-16)36-15-35-19/h3-4,9-11,13-14,25H,5-8,12,15H2,1-2H3/b23-13+. The summed E-state index contributed by atoms with van der Waals surface area (Å²) in [6.07, 6.45) is 2.54. The monoisotopic (exact) mass is 494 g/mol. The summed E-state index contributed by atoms with van der Waals surface area (Å²) >= 11 is 0. The number of aromatic nitrogens is 2. The number of ether oxygens (including phenoxy) is 4. The molecular weight excluding hydrogens is 468 g/mol. The molecule has 188 valence electrons. The minimum atomic E-state index is -0.439. The molecule has 12 heteroatoms. The van der Waals surface area contributed by atoms with Gasteiger partial charge >= 0.3 is 0 Å². The summed E-state index contributed by atoms with van der Waals surface area (Å²) in [6.45, 7) is 3.02. The largest absolute Gasteiger partial charge is 0.493 e. The molecule has 3 heterocycles. The topological polar surface area (TPSA) is 124 Å². The number of nitrogens with zero attached hydrogens (tertiary/aromatic N) is 5. The number of anilines is 1. The Labute approximate surface area is 207 Å². The number of hydrogen-bond acceptors (Lipinski definition) is 11. The van der Waals surface area contributed by atoms with Crippen molar-refractivity contribution in [3.63, 3.8) is 0 Å². The summed E-state index contributed by atoms with van der Waals surface area (Å²) < 4.78 is 21.6. The van der Waals surface area contributed by atoms with Gasteiger partial charge in [0.15, 0.2) is 28.8 Å². The van der Waals surface area contributed by atoms with Crippen molar-refractivity contribution < 1.29 is 23.9 Å². The number of methoxy groups -OCH3 is 2. The Hall–Kier alpha value is -4.48. The molecule has 5 rings (SSSR count). The smallest absolute Gasteiger partial charge is 0.274 e. The van der Waals surface area contributed by atoms with Gasteiger partial charge in [-0.2, -0.15) is 0 Å². The predicted molar refractivity (Wildman–Crippen MR) is 131 cm³/mol. The van der Waals surface area contributed by atoms with E-state index in [1.54, 1.807) is 14.2 Å². The third kappa shape index (κ3) is 4.69. The molecule has 0 atom stereocenters. The van der Waals surface area contributed by atoms with Gasteiger partial charge in [-0.15, -0.1) is 0 Å². The molecule has 0 bridgehead atoms. The van der Waals surface area contributed by atoms with Gasteiger partial charge < -0.3 is 34.1 Å². The SMILES string of the molecule is COc1cc2ncnc(N3CCN(/C(=C/[N+](=O)[O-])NCc4ccc5c(c4)OCO5)CC3)c2cc1OC. The van der Waals surface area contributed by atoms with Gasteiger partial charge in [0.25, 0.3) is 6.20 Å². The molecule has 2 aliphatic rings. The van der Waals surface area contributed by atoms with E-state index in [2.05, 4.69) is 20.2 Å². The van der Waals surface area contributed by atoms with E-state index >= 15 is 0 Å². The third-order valence-electron chi connectivity index (χ3n) is 6.18. The van der Waals surface area contributed by atoms with Gasteiger partial charge in [-0.3, -0.25) is 10.1 Å². The van der Waals surface area contributed by atoms with Gasteiger partial charge in [-0.05, 0) is 23.8 Å². The zero-order valence-corrected chi connectivity index (χ0v) is 20.0. The minimum Gasteiger partial charge on any atom is -0.493 e. The number of rotatable bonds is 8. The number of benzene rings is 2. The Kier molecular flexibility index (Phi) is 6.48. The second kappa shape index (κ2) is 10.0. The second-order valence-corrected chi connectivity index (χ2v) is 8.24. The van der Waals surface area contributed by atoms with E-state index in [0.29, 0.717) is 61.5 Å². The fourth-order valence-corrected chi connectivity index (χ4v) is 4.36. The number of fused-ring (bicyclic) bond motifs is 2. The maximum absolute atomic E-state index is 11.3. The second-order valence-electron chi connectivity index (χ2n) is 8.24. The first-order chi connectivity index (χ1) is 17.6. The molecule has 12 nitrogen and oxygen atoms in total. The highest BCUT2D eigenvalue weighted by molar-refractivity contribution is 5.92. The Morgan fingerprint density at radius 1 is 1.08 bits per heavy atom. The zero-order chi connectivity index (χ0) is 25.1. The fourth-order valence-electron chi connectivity index (χ4n) is 4.36. The summed E-state index contributed by atoms with van der Waals surface area (Å²) in [6, 6.07) is 9.33. The first-order valence-corrected chi connectivity index (χ1v) is 11.4. The highest BCUT2D eigenvalue weighted by Crippen LogP contribution is 2.35. The van der Waals surface area contributed by atoms with E-state index in [1.165, 1.54) is 6.33 Å². The number of nitro groups is 1. The van der Waals surface area contributed by atoms with Crippen molar-refractivity contribution in [1.82, 2.24) is 20.2 Å². The van der Waals surface area contributed by atoms with Crippen LogP contribution < -0.4 is 29.2 Å². The van der Waals surface area contributed by atoms with E-state index < -0.39 is 4.92 Å². The fraction of sp³-hybridized carbons (Fsp3) is 0.333. The molecule has 0 unspecified atom stereocenters. The van der Waals surface area contributed by atoms with Crippen LogP contribution in [-0.2, 0) is 6.54 Å². The molecule has 3 aromatic rings. The Balaban J connectivity index is 1.29. The van der Waals surface area contributed by atoms with Gasteiger partial charge in [-0.25, -0.2) is 9.97 Å².